The lowest BCUT2D eigenvalue weighted by Crippen LogP contribution is -2.38. The molecule has 2 aliphatic rings. The number of halogens is 2. The van der Waals surface area contributed by atoms with Crippen molar-refractivity contribution in [3.8, 4) is 0 Å². The van der Waals surface area contributed by atoms with Crippen LogP contribution in [0.4, 0.5) is 0 Å². The van der Waals surface area contributed by atoms with Crippen molar-refractivity contribution in [1.82, 2.24) is 29.4 Å². The van der Waals surface area contributed by atoms with Crippen molar-refractivity contribution >= 4 is 56.5 Å². The first-order chi connectivity index (χ1) is 29.0. The highest BCUT2D eigenvalue weighted by Crippen LogP contribution is 2.24. The first kappa shape index (κ1) is 42.9. The molecule has 0 spiro atoms. The van der Waals surface area contributed by atoms with E-state index in [1.807, 2.05) is 97.1 Å². The first-order valence-electron chi connectivity index (χ1n) is 20.7. The number of benzene rings is 4. The molecule has 0 saturated carbocycles. The number of likely N-dealkylation sites (tertiary alicyclic amines) is 2. The van der Waals surface area contributed by atoms with Crippen molar-refractivity contribution in [1.29, 1.82) is 0 Å². The molecule has 8 rings (SSSR count). The fourth-order valence-electron chi connectivity index (χ4n) is 8.44. The van der Waals surface area contributed by atoms with Crippen LogP contribution in [0, 0.1) is 0 Å². The lowest BCUT2D eigenvalue weighted by atomic mass is 10.0. The zero-order valence-corrected chi connectivity index (χ0v) is 35.3. The molecule has 60 heavy (non-hydrogen) atoms. The van der Waals surface area contributed by atoms with Crippen molar-refractivity contribution in [3.63, 3.8) is 0 Å². The summed E-state index contributed by atoms with van der Waals surface area (Å²) in [5.74, 6) is -0.598. The fourth-order valence-corrected chi connectivity index (χ4v) is 8.69. The summed E-state index contributed by atoms with van der Waals surface area (Å²) in [7, 11) is 0. The summed E-state index contributed by atoms with van der Waals surface area (Å²) in [6.07, 6.45) is 5.95. The Hall–Kier alpha value is -5.20. The number of aromatic nitrogens is 4. The Kier molecular flexibility index (Phi) is 14.2. The summed E-state index contributed by atoms with van der Waals surface area (Å²) in [4.78, 5) is 53.1. The molecule has 0 unspecified atom stereocenters. The van der Waals surface area contributed by atoms with Crippen molar-refractivity contribution in [2.75, 3.05) is 26.2 Å². The van der Waals surface area contributed by atoms with E-state index < -0.39 is 5.97 Å². The molecule has 2 atom stereocenters. The van der Waals surface area contributed by atoms with E-state index in [2.05, 4.69) is 9.80 Å². The van der Waals surface area contributed by atoms with Gasteiger partial charge in [0, 0.05) is 65.3 Å². The monoisotopic (exact) mass is 848 g/mol. The van der Waals surface area contributed by atoms with E-state index in [1.165, 1.54) is 0 Å². The molecule has 0 aliphatic carbocycles. The van der Waals surface area contributed by atoms with Gasteiger partial charge in [-0.15, -0.1) is 0 Å². The average molecular weight is 850 g/mol. The van der Waals surface area contributed by atoms with Crippen LogP contribution in [0.3, 0.4) is 0 Å². The summed E-state index contributed by atoms with van der Waals surface area (Å²) >= 11 is 12.0. The number of carboxylic acids is 1. The van der Waals surface area contributed by atoms with Crippen molar-refractivity contribution < 1.29 is 14.7 Å². The summed E-state index contributed by atoms with van der Waals surface area (Å²) in [5, 5.41) is 23.0. The minimum atomic E-state index is -0.799. The molecule has 0 bridgehead atoms. The Bertz CT molecular complexity index is 2400. The summed E-state index contributed by atoms with van der Waals surface area (Å²) in [5.41, 5.74) is 3.76. The molecular formula is C47H50Cl2N6O5. The van der Waals surface area contributed by atoms with Crippen LogP contribution in [-0.2, 0) is 35.5 Å². The van der Waals surface area contributed by atoms with Gasteiger partial charge in [0.05, 0.1) is 41.7 Å². The second kappa shape index (κ2) is 19.9. The van der Waals surface area contributed by atoms with E-state index in [-0.39, 0.29) is 35.4 Å². The van der Waals surface area contributed by atoms with E-state index in [1.54, 1.807) is 16.3 Å². The Morgan fingerprint density at radius 1 is 0.617 bits per heavy atom. The molecule has 1 N–H and O–H groups in total. The van der Waals surface area contributed by atoms with Crippen molar-refractivity contribution in [2.24, 2.45) is 0 Å². The standard InChI is InChI=1S/C24H26ClN3O2.C23H24ClN3O3/c1-17(29)12-14-27-13-4-5-20(27)16-28-24(30)22-7-3-2-6-21(22)23(26-28)15-18-8-10-19(25)11-9-18;24-17-9-7-16(8-10-17)14-21-19-5-1-2-6-20(19)23(30)27(25-21)15-18-4-3-12-26(18)13-11-22(28)29/h2-3,6-11,20H,4-5,12-16H2,1H3;1-2,5-10,18H,3-4,11-15H2,(H,28,29)/t20-;18-/m11/s1. The van der Waals surface area contributed by atoms with Gasteiger partial charge in [0.1, 0.15) is 5.78 Å². The number of carbonyl (C=O) groups is 2. The van der Waals surface area contributed by atoms with Gasteiger partial charge >= 0.3 is 5.97 Å². The van der Waals surface area contributed by atoms with Gasteiger partial charge in [0.15, 0.2) is 0 Å². The number of nitrogens with zero attached hydrogens (tertiary/aromatic N) is 6. The van der Waals surface area contributed by atoms with Gasteiger partial charge in [-0.05, 0) is 93.2 Å². The normalized spacial score (nSPS) is 16.9. The number of hydrogen-bond acceptors (Lipinski definition) is 8. The SMILES string of the molecule is CC(=O)CCN1CCC[C@@H]1Cn1nc(Cc2ccc(Cl)cc2)c2ccccc2c1=O.O=C(O)CCN1CCC[C@@H]1Cn1nc(Cc2ccc(Cl)cc2)c2ccccc2c1=O. The van der Waals surface area contributed by atoms with Crippen LogP contribution in [0.25, 0.3) is 21.5 Å². The summed E-state index contributed by atoms with van der Waals surface area (Å²) in [6, 6.07) is 31.0. The molecular weight excluding hydrogens is 799 g/mol. The van der Waals surface area contributed by atoms with Crippen LogP contribution in [0.2, 0.25) is 10.0 Å². The lowest BCUT2D eigenvalue weighted by Gasteiger charge is -2.24. The van der Waals surface area contributed by atoms with Gasteiger partial charge in [-0.25, -0.2) is 9.36 Å². The van der Waals surface area contributed by atoms with Gasteiger partial charge in [-0.3, -0.25) is 29.0 Å². The Morgan fingerprint density at radius 3 is 1.42 bits per heavy atom. The average Bonchev–Trinajstić information content (AvgIpc) is 3.90. The smallest absolute Gasteiger partial charge is 0.304 e. The highest BCUT2D eigenvalue weighted by molar-refractivity contribution is 6.30. The quantitative estimate of drug-likeness (QED) is 0.117. The number of aliphatic carboxylic acids is 1. The Labute approximate surface area is 359 Å². The zero-order valence-electron chi connectivity index (χ0n) is 33.8. The molecule has 6 aromatic rings. The van der Waals surface area contributed by atoms with Gasteiger partial charge in [-0.2, -0.15) is 10.2 Å². The van der Waals surface area contributed by atoms with E-state index in [0.29, 0.717) is 59.7 Å². The van der Waals surface area contributed by atoms with E-state index in [4.69, 9.17) is 38.5 Å². The number of fused-ring (bicyclic) bond motifs is 2. The molecule has 0 radical (unpaired) electrons. The number of hydrogen-bond donors (Lipinski definition) is 1. The van der Waals surface area contributed by atoms with Crippen LogP contribution in [-0.4, -0.2) is 84.5 Å². The molecule has 2 saturated heterocycles. The zero-order chi connectivity index (χ0) is 42.2. The molecule has 312 valence electrons. The predicted molar refractivity (Wildman–Crippen MR) is 237 cm³/mol. The third kappa shape index (κ3) is 10.8. The molecule has 4 aromatic carbocycles. The second-order valence-corrected chi connectivity index (χ2v) is 16.7. The summed E-state index contributed by atoms with van der Waals surface area (Å²) in [6.45, 7) is 5.73. The highest BCUT2D eigenvalue weighted by Gasteiger charge is 2.27. The minimum Gasteiger partial charge on any atom is -0.481 e. The van der Waals surface area contributed by atoms with Crippen LogP contribution >= 0.6 is 23.2 Å². The fraction of sp³-hybridized carbons (Fsp3) is 0.362. The topological polar surface area (TPSA) is 131 Å². The third-order valence-corrected chi connectivity index (χ3v) is 12.1. The van der Waals surface area contributed by atoms with Crippen LogP contribution in [0.15, 0.2) is 107 Å². The van der Waals surface area contributed by atoms with Crippen molar-refractivity contribution in [3.05, 3.63) is 150 Å². The predicted octanol–water partition coefficient (Wildman–Crippen LogP) is 7.66. The maximum atomic E-state index is 13.1. The maximum Gasteiger partial charge on any atom is 0.304 e. The number of carbonyl (C=O) groups excluding carboxylic acids is 1. The number of carboxylic acid groups (broad SMARTS) is 1. The third-order valence-electron chi connectivity index (χ3n) is 11.6. The molecule has 2 aromatic heterocycles. The van der Waals surface area contributed by atoms with Gasteiger partial charge in [0.25, 0.3) is 11.1 Å². The number of rotatable bonds is 14. The van der Waals surface area contributed by atoms with Gasteiger partial charge in [0.2, 0.25) is 0 Å². The summed E-state index contributed by atoms with van der Waals surface area (Å²) < 4.78 is 3.20. The maximum absolute atomic E-state index is 13.1. The Morgan fingerprint density at radius 2 is 1.02 bits per heavy atom. The van der Waals surface area contributed by atoms with E-state index in [0.717, 1.165) is 78.6 Å². The first-order valence-corrected chi connectivity index (χ1v) is 21.4. The highest BCUT2D eigenvalue weighted by atomic mass is 35.5. The Balaban J connectivity index is 0.000000181. The molecule has 11 nitrogen and oxygen atoms in total. The van der Waals surface area contributed by atoms with Crippen molar-refractivity contribution in [2.45, 2.75) is 83.5 Å². The van der Waals surface area contributed by atoms with Gasteiger partial charge < -0.3 is 5.11 Å². The largest absolute Gasteiger partial charge is 0.481 e. The second-order valence-electron chi connectivity index (χ2n) is 15.8. The molecule has 2 fully saturated rings. The minimum absolute atomic E-state index is 0.0520. The van der Waals surface area contributed by atoms with E-state index in [9.17, 15) is 19.2 Å². The van der Waals surface area contributed by atoms with Crippen LogP contribution in [0.1, 0.15) is 68.0 Å². The molecule has 2 aliphatic heterocycles. The molecule has 13 heteroatoms. The number of ketones is 1. The molecule has 0 amide bonds. The molecule has 4 heterocycles. The van der Waals surface area contributed by atoms with Crippen LogP contribution in [0.5, 0.6) is 0 Å². The van der Waals surface area contributed by atoms with E-state index >= 15 is 0 Å². The number of Topliss-reactive ketones (excluding diaryl/α,β-unsaturated/α-hetero) is 1. The van der Waals surface area contributed by atoms with Crippen LogP contribution < -0.4 is 11.1 Å². The van der Waals surface area contributed by atoms with Gasteiger partial charge in [-0.1, -0.05) is 83.9 Å². The lowest BCUT2D eigenvalue weighted by molar-refractivity contribution is -0.137.